The van der Waals surface area contributed by atoms with Crippen LogP contribution in [0.1, 0.15) is 59.3 Å². The number of benzene rings is 1. The number of para-hydroxylation sites is 2. The molecule has 1 rings (SSSR count). The van der Waals surface area contributed by atoms with Gasteiger partial charge in [-0.2, -0.15) is 0 Å². The molecule has 0 aliphatic rings. The van der Waals surface area contributed by atoms with Crippen molar-refractivity contribution in [1.82, 2.24) is 4.90 Å². The van der Waals surface area contributed by atoms with Gasteiger partial charge in [0.2, 0.25) is 0 Å². The minimum Gasteiger partial charge on any atom is -0.491 e. The quantitative estimate of drug-likeness (QED) is 0.231. The normalized spacial score (nSPS) is 11.9. The first-order chi connectivity index (χ1) is 15.1. The van der Waals surface area contributed by atoms with Gasteiger partial charge in [0, 0.05) is 6.54 Å². The Balaban J connectivity index is 2.56. The average Bonchev–Trinajstić information content (AvgIpc) is 2.77. The number of hydrogen-bond donors (Lipinski definition) is 1. The first-order valence-electron chi connectivity index (χ1n) is 11.7. The van der Waals surface area contributed by atoms with Gasteiger partial charge >= 0.3 is 6.09 Å². The molecule has 1 N–H and O–H groups in total. The zero-order chi connectivity index (χ0) is 22.7. The van der Waals surface area contributed by atoms with Crippen LogP contribution in [0.4, 0.5) is 10.5 Å². The number of nitrogens with one attached hydrogen (secondary N) is 1. The van der Waals surface area contributed by atoms with E-state index in [0.717, 1.165) is 25.9 Å². The number of carbonyl (C=O) groups excluding carboxylic acids is 1. The molecule has 6 nitrogen and oxygen atoms in total. The fourth-order valence-corrected chi connectivity index (χ4v) is 3.23. The third-order valence-electron chi connectivity index (χ3n) is 5.05. The number of anilines is 1. The van der Waals surface area contributed by atoms with Crippen molar-refractivity contribution < 1.29 is 19.0 Å². The second kappa shape index (κ2) is 17.6. The summed E-state index contributed by atoms with van der Waals surface area (Å²) < 4.78 is 17.1. The van der Waals surface area contributed by atoms with Gasteiger partial charge in [-0.15, -0.1) is 6.58 Å². The van der Waals surface area contributed by atoms with Gasteiger partial charge in [0.15, 0.2) is 0 Å². The Kier molecular flexibility index (Phi) is 15.3. The van der Waals surface area contributed by atoms with Crippen molar-refractivity contribution in [3.63, 3.8) is 0 Å². The highest BCUT2D eigenvalue weighted by Gasteiger charge is 2.18. The Hall–Kier alpha value is -2.05. The van der Waals surface area contributed by atoms with Gasteiger partial charge in [-0.05, 0) is 31.6 Å². The van der Waals surface area contributed by atoms with Crippen LogP contribution in [0.3, 0.4) is 0 Å². The summed E-state index contributed by atoms with van der Waals surface area (Å²) in [5, 5.41) is 2.83. The molecular weight excluding hydrogens is 392 g/mol. The molecular formula is C25H42N2O4. The predicted molar refractivity (Wildman–Crippen MR) is 128 cm³/mol. The summed E-state index contributed by atoms with van der Waals surface area (Å²) in [4.78, 5) is 14.8. The van der Waals surface area contributed by atoms with Gasteiger partial charge in [0.05, 0.1) is 25.5 Å². The maximum Gasteiger partial charge on any atom is 0.412 e. The van der Waals surface area contributed by atoms with Gasteiger partial charge in [-0.25, -0.2) is 4.79 Å². The van der Waals surface area contributed by atoms with E-state index in [1.54, 1.807) is 6.08 Å². The second-order valence-electron chi connectivity index (χ2n) is 7.58. The topological polar surface area (TPSA) is 60.0 Å². The number of hydrogen-bond acceptors (Lipinski definition) is 5. The highest BCUT2D eigenvalue weighted by atomic mass is 16.6. The van der Waals surface area contributed by atoms with E-state index < -0.39 is 6.09 Å². The van der Waals surface area contributed by atoms with Crippen LogP contribution in [0.5, 0.6) is 5.75 Å². The van der Waals surface area contributed by atoms with Crippen molar-refractivity contribution in [3.8, 4) is 5.75 Å². The molecule has 1 atom stereocenters. The molecule has 1 unspecified atom stereocenters. The molecule has 1 aromatic rings. The van der Waals surface area contributed by atoms with Crippen LogP contribution in [0.25, 0.3) is 0 Å². The third kappa shape index (κ3) is 12.4. The maximum atomic E-state index is 12.6. The van der Waals surface area contributed by atoms with Crippen molar-refractivity contribution in [2.45, 2.75) is 65.4 Å². The molecule has 0 bridgehead atoms. The van der Waals surface area contributed by atoms with Crippen LogP contribution in [-0.2, 0) is 9.47 Å². The van der Waals surface area contributed by atoms with Gasteiger partial charge in [0.25, 0.3) is 0 Å². The highest BCUT2D eigenvalue weighted by Crippen LogP contribution is 2.24. The van der Waals surface area contributed by atoms with Crippen molar-refractivity contribution in [2.75, 3.05) is 44.8 Å². The van der Waals surface area contributed by atoms with Crippen LogP contribution in [0.15, 0.2) is 36.9 Å². The monoisotopic (exact) mass is 434 g/mol. The number of unbranched alkanes of at least 4 members (excludes halogenated alkanes) is 5. The molecule has 0 fully saturated rings. The molecule has 0 saturated carbocycles. The van der Waals surface area contributed by atoms with Crippen molar-refractivity contribution in [3.05, 3.63) is 36.9 Å². The molecule has 1 aromatic carbocycles. The molecule has 176 valence electrons. The molecule has 0 saturated heterocycles. The Morgan fingerprint density at radius 3 is 2.52 bits per heavy atom. The van der Waals surface area contributed by atoms with E-state index >= 15 is 0 Å². The van der Waals surface area contributed by atoms with Gasteiger partial charge in [0.1, 0.15) is 11.9 Å². The Morgan fingerprint density at radius 2 is 1.81 bits per heavy atom. The van der Waals surface area contributed by atoms with Crippen molar-refractivity contribution >= 4 is 11.8 Å². The van der Waals surface area contributed by atoms with Gasteiger partial charge in [-0.1, -0.05) is 71.1 Å². The van der Waals surface area contributed by atoms with Crippen LogP contribution >= 0.6 is 0 Å². The van der Waals surface area contributed by atoms with Gasteiger partial charge in [-0.3, -0.25) is 5.32 Å². The van der Waals surface area contributed by atoms with E-state index in [1.807, 2.05) is 24.3 Å². The third-order valence-corrected chi connectivity index (χ3v) is 5.05. The number of amides is 1. The lowest BCUT2D eigenvalue weighted by atomic mass is 10.1. The van der Waals surface area contributed by atoms with Crippen LogP contribution in [0.2, 0.25) is 0 Å². The minimum absolute atomic E-state index is 0.326. The average molecular weight is 435 g/mol. The molecule has 31 heavy (non-hydrogen) atoms. The second-order valence-corrected chi connectivity index (χ2v) is 7.58. The summed E-state index contributed by atoms with van der Waals surface area (Å²) in [6.07, 6.45) is 8.06. The van der Waals surface area contributed by atoms with Crippen molar-refractivity contribution in [2.24, 2.45) is 0 Å². The first kappa shape index (κ1) is 27.0. The Bertz CT molecular complexity index is 605. The van der Waals surface area contributed by atoms with Crippen LogP contribution < -0.4 is 10.1 Å². The molecule has 0 spiro atoms. The molecule has 0 radical (unpaired) electrons. The Labute approximate surface area is 188 Å². The molecule has 1 amide bonds. The van der Waals surface area contributed by atoms with E-state index in [-0.39, 0.29) is 6.10 Å². The Morgan fingerprint density at radius 1 is 1.10 bits per heavy atom. The summed E-state index contributed by atoms with van der Waals surface area (Å²) in [6, 6.07) is 7.46. The summed E-state index contributed by atoms with van der Waals surface area (Å²) in [6.45, 7) is 13.8. The SMILES string of the molecule is C=CCOCC(CN(CC)CC)OC(=O)Nc1ccccc1OCCCCCCCC. The summed E-state index contributed by atoms with van der Waals surface area (Å²) in [5.74, 6) is 0.663. The van der Waals surface area contributed by atoms with Gasteiger partial charge < -0.3 is 19.1 Å². The number of rotatable bonds is 18. The van der Waals surface area contributed by atoms with E-state index in [4.69, 9.17) is 14.2 Å². The maximum absolute atomic E-state index is 12.6. The fraction of sp³-hybridized carbons (Fsp3) is 0.640. The van der Waals surface area contributed by atoms with E-state index in [9.17, 15) is 4.79 Å². The van der Waals surface area contributed by atoms with Crippen LogP contribution in [0, 0.1) is 0 Å². The summed E-state index contributed by atoms with van der Waals surface area (Å²) in [7, 11) is 0. The zero-order valence-electron chi connectivity index (χ0n) is 19.7. The smallest absolute Gasteiger partial charge is 0.412 e. The summed E-state index contributed by atoms with van der Waals surface area (Å²) in [5.41, 5.74) is 0.618. The van der Waals surface area contributed by atoms with Crippen molar-refractivity contribution in [1.29, 1.82) is 0 Å². The lowest BCUT2D eigenvalue weighted by Crippen LogP contribution is -2.38. The molecule has 0 heterocycles. The number of likely N-dealkylation sites (N-methyl/N-ethyl adjacent to an activating group) is 1. The number of nitrogens with zero attached hydrogens (tertiary/aromatic N) is 1. The van der Waals surface area contributed by atoms with Crippen LogP contribution in [-0.4, -0.2) is 56.6 Å². The standard InChI is InChI=1S/C25H42N2O4/c1-5-9-10-11-12-15-19-30-24-17-14-13-16-23(24)26-25(28)31-22(21-29-18-6-2)20-27(7-3)8-4/h6,13-14,16-17,22H,2,5,7-12,15,18-21H2,1,3-4H3,(H,26,28). The molecule has 0 aromatic heterocycles. The van der Waals surface area contributed by atoms with E-state index in [0.29, 0.717) is 37.8 Å². The molecule has 0 aliphatic heterocycles. The lowest BCUT2D eigenvalue weighted by Gasteiger charge is -2.25. The minimum atomic E-state index is -0.505. The van der Waals surface area contributed by atoms with E-state index in [1.165, 1.54) is 25.7 Å². The number of carbonyl (C=O) groups is 1. The molecule has 0 aliphatic carbocycles. The molecule has 6 heteroatoms. The lowest BCUT2D eigenvalue weighted by molar-refractivity contribution is 0.0168. The number of ether oxygens (including phenoxy) is 3. The fourth-order valence-electron chi connectivity index (χ4n) is 3.23. The summed E-state index contributed by atoms with van der Waals surface area (Å²) >= 11 is 0. The van der Waals surface area contributed by atoms with E-state index in [2.05, 4.69) is 37.6 Å². The highest BCUT2D eigenvalue weighted by molar-refractivity contribution is 5.86. The first-order valence-corrected chi connectivity index (χ1v) is 11.7. The zero-order valence-corrected chi connectivity index (χ0v) is 19.7. The predicted octanol–water partition coefficient (Wildman–Crippen LogP) is 5.89. The largest absolute Gasteiger partial charge is 0.491 e.